The average molecular weight is 556 g/mol. The van der Waals surface area contributed by atoms with Crippen molar-refractivity contribution >= 4 is 10.1 Å². The summed E-state index contributed by atoms with van der Waals surface area (Å²) in [5.74, 6) is -52.0. The standard InChI is InChI=1S/C8HF17O3S.Fe/c9-1(10,3(13,14)5(17,18)7(21,22)23)2(11,12)4(15,16)6(19,20)8(24,25)29(26,27)28;/h(H,26,27,28);. The van der Waals surface area contributed by atoms with Gasteiger partial charge in [0.2, 0.25) is 0 Å². The van der Waals surface area contributed by atoms with E-state index in [1.54, 1.807) is 0 Å². The maximum Gasteiger partial charge on any atom is 0.460 e. The van der Waals surface area contributed by atoms with Crippen molar-refractivity contribution in [3.05, 3.63) is 0 Å². The Hall–Kier alpha value is -0.761. The molecule has 0 aliphatic heterocycles. The molecule has 30 heavy (non-hydrogen) atoms. The van der Waals surface area contributed by atoms with Gasteiger partial charge in [0, 0.05) is 17.1 Å². The fourth-order valence-corrected chi connectivity index (χ4v) is 1.76. The summed E-state index contributed by atoms with van der Waals surface area (Å²) in [5.41, 5.74) is 0. The van der Waals surface area contributed by atoms with Crippen LogP contribution in [0, 0.1) is 0 Å². The van der Waals surface area contributed by atoms with Crippen LogP contribution in [0.25, 0.3) is 0 Å². The second-order valence-corrected chi connectivity index (χ2v) is 6.40. The van der Waals surface area contributed by atoms with Gasteiger partial charge in [-0.15, -0.1) is 0 Å². The number of hydrogen-bond donors (Lipinski definition) is 1. The molecule has 0 fully saturated rings. The Labute approximate surface area is 162 Å². The van der Waals surface area contributed by atoms with Crippen LogP contribution >= 0.6 is 0 Å². The van der Waals surface area contributed by atoms with E-state index in [1.165, 1.54) is 0 Å². The average Bonchev–Trinajstić information content (AvgIpc) is 2.43. The van der Waals surface area contributed by atoms with E-state index in [1.807, 2.05) is 0 Å². The summed E-state index contributed by atoms with van der Waals surface area (Å²) in [4.78, 5) is 0. The molecule has 0 aromatic carbocycles. The van der Waals surface area contributed by atoms with Crippen LogP contribution in [0.15, 0.2) is 0 Å². The van der Waals surface area contributed by atoms with E-state index in [4.69, 9.17) is 4.55 Å². The minimum absolute atomic E-state index is 0. The monoisotopic (exact) mass is 556 g/mol. The van der Waals surface area contributed by atoms with Gasteiger partial charge in [-0.05, 0) is 0 Å². The van der Waals surface area contributed by atoms with Gasteiger partial charge in [-0.1, -0.05) is 0 Å². The SMILES string of the molecule is O=S(=O)(O)C(F)(F)C(F)(F)C(F)(F)C(F)(F)C(F)(F)C(F)(F)C(F)(F)C(F)(F)F.[Fe]. The molecular weight excluding hydrogens is 555 g/mol. The molecule has 0 rings (SSSR count). The van der Waals surface area contributed by atoms with E-state index < -0.39 is 57.1 Å². The number of alkyl halides is 17. The van der Waals surface area contributed by atoms with Crippen LogP contribution in [0.1, 0.15) is 0 Å². The third kappa shape index (κ3) is 3.70. The van der Waals surface area contributed by atoms with Crippen molar-refractivity contribution < 1.29 is 105 Å². The van der Waals surface area contributed by atoms with Gasteiger partial charge in [-0.3, -0.25) is 4.55 Å². The first kappa shape index (κ1) is 31.4. The number of rotatable bonds is 7. The Balaban J connectivity index is 0. The van der Waals surface area contributed by atoms with Crippen molar-refractivity contribution in [3.8, 4) is 0 Å². The van der Waals surface area contributed by atoms with E-state index in [0.717, 1.165) is 0 Å². The number of hydrogen-bond acceptors (Lipinski definition) is 2. The molecule has 1 N–H and O–H groups in total. The molecule has 0 aromatic heterocycles. The molecule has 0 bridgehead atoms. The van der Waals surface area contributed by atoms with Crippen molar-refractivity contribution in [1.29, 1.82) is 0 Å². The van der Waals surface area contributed by atoms with Gasteiger partial charge < -0.3 is 0 Å². The Morgan fingerprint density at radius 2 is 0.633 bits per heavy atom. The maximum atomic E-state index is 13.0. The Bertz CT molecular complexity index is 739. The molecule has 0 aliphatic rings. The topological polar surface area (TPSA) is 54.4 Å². The molecule has 0 heterocycles. The largest absolute Gasteiger partial charge is 0.460 e. The summed E-state index contributed by atoms with van der Waals surface area (Å²) in [5, 5.41) is -7.84. The van der Waals surface area contributed by atoms with Gasteiger partial charge in [0.15, 0.2) is 0 Å². The zero-order valence-electron chi connectivity index (χ0n) is 12.5. The van der Waals surface area contributed by atoms with E-state index in [0.29, 0.717) is 0 Å². The van der Waals surface area contributed by atoms with Crippen molar-refractivity contribution in [3.63, 3.8) is 0 Å². The maximum absolute atomic E-state index is 13.0. The molecule has 22 heteroatoms. The smallest absolute Gasteiger partial charge is 0.281 e. The summed E-state index contributed by atoms with van der Waals surface area (Å²) in [6.45, 7) is 0. The summed E-state index contributed by atoms with van der Waals surface area (Å²) >= 11 is 0. The molecule has 0 atom stereocenters. The van der Waals surface area contributed by atoms with Crippen LogP contribution in [0.4, 0.5) is 74.6 Å². The Morgan fingerprint density at radius 3 is 0.833 bits per heavy atom. The predicted molar refractivity (Wildman–Crippen MR) is 52.2 cm³/mol. The van der Waals surface area contributed by atoms with Crippen LogP contribution in [-0.4, -0.2) is 59.9 Å². The fourth-order valence-electron chi connectivity index (χ4n) is 1.31. The van der Waals surface area contributed by atoms with Gasteiger partial charge in [-0.2, -0.15) is 83.1 Å². The Kier molecular flexibility index (Phi) is 7.74. The minimum atomic E-state index is -8.89. The second-order valence-electron chi connectivity index (χ2n) is 4.94. The zero-order valence-corrected chi connectivity index (χ0v) is 14.4. The summed E-state index contributed by atoms with van der Waals surface area (Å²) < 4.78 is 242. The van der Waals surface area contributed by atoms with E-state index in [9.17, 15) is 83.1 Å². The quantitative estimate of drug-likeness (QED) is 0.278. The third-order valence-corrected chi connectivity index (χ3v) is 3.92. The Morgan fingerprint density at radius 1 is 0.433 bits per heavy atom. The first-order chi connectivity index (χ1) is 12.0. The van der Waals surface area contributed by atoms with Gasteiger partial charge >= 0.3 is 57.1 Å². The third-order valence-electron chi connectivity index (χ3n) is 3.02. The first-order valence-electron chi connectivity index (χ1n) is 5.68. The summed E-state index contributed by atoms with van der Waals surface area (Å²) in [6.07, 6.45) is -7.88. The van der Waals surface area contributed by atoms with Gasteiger partial charge in [-0.25, -0.2) is 0 Å². The van der Waals surface area contributed by atoms with Crippen LogP contribution in [0.5, 0.6) is 0 Å². The van der Waals surface area contributed by atoms with Gasteiger partial charge in [0.25, 0.3) is 0 Å². The van der Waals surface area contributed by atoms with Crippen molar-refractivity contribution in [1.82, 2.24) is 0 Å². The molecule has 0 aliphatic carbocycles. The molecule has 0 amide bonds. The van der Waals surface area contributed by atoms with Crippen LogP contribution < -0.4 is 0 Å². The van der Waals surface area contributed by atoms with E-state index in [-0.39, 0.29) is 17.1 Å². The molecule has 3 nitrogen and oxygen atoms in total. The molecule has 0 spiro atoms. The number of halogens is 17. The zero-order chi connectivity index (χ0) is 24.5. The van der Waals surface area contributed by atoms with Crippen molar-refractivity contribution in [2.45, 2.75) is 47.0 Å². The van der Waals surface area contributed by atoms with Crippen LogP contribution in [-0.2, 0) is 27.2 Å². The van der Waals surface area contributed by atoms with Crippen LogP contribution in [0.2, 0.25) is 0 Å². The molecule has 0 unspecified atom stereocenters. The van der Waals surface area contributed by atoms with E-state index >= 15 is 0 Å². The van der Waals surface area contributed by atoms with Crippen LogP contribution in [0.3, 0.4) is 0 Å². The van der Waals surface area contributed by atoms with Crippen molar-refractivity contribution in [2.75, 3.05) is 0 Å². The molecule has 0 saturated heterocycles. The normalized spacial score (nSPS) is 16.3. The van der Waals surface area contributed by atoms with E-state index in [2.05, 4.69) is 0 Å². The molecule has 0 radical (unpaired) electrons. The molecular formula is C8HF17FeO3S. The predicted octanol–water partition coefficient (Wildman–Crippen LogP) is 4.84. The van der Waals surface area contributed by atoms with Crippen molar-refractivity contribution in [2.24, 2.45) is 0 Å². The molecule has 0 saturated carbocycles. The summed E-state index contributed by atoms with van der Waals surface area (Å²) in [6, 6.07) is 0. The molecule has 184 valence electrons. The first-order valence-corrected chi connectivity index (χ1v) is 7.12. The summed E-state index contributed by atoms with van der Waals surface area (Å²) in [7, 11) is -7.89. The molecule has 0 aromatic rings. The second kappa shape index (κ2) is 7.39. The van der Waals surface area contributed by atoms with Gasteiger partial charge in [0.05, 0.1) is 0 Å². The van der Waals surface area contributed by atoms with Gasteiger partial charge in [0.1, 0.15) is 0 Å². The fraction of sp³-hybridized carbons (Fsp3) is 1.00. The minimum Gasteiger partial charge on any atom is -0.281 e.